The second kappa shape index (κ2) is 14.3. The zero-order valence-corrected chi connectivity index (χ0v) is 25.8. The van der Waals surface area contributed by atoms with E-state index in [0.717, 1.165) is 5.75 Å². The Morgan fingerprint density at radius 3 is 1.60 bits per heavy atom. The molecule has 0 atom stereocenters. The predicted octanol–water partition coefficient (Wildman–Crippen LogP) is 5.93. The molecular formula is C37H37BN2OSi. The minimum atomic E-state index is -0.832. The van der Waals surface area contributed by atoms with Crippen LogP contribution in [0, 0.1) is 0 Å². The first-order chi connectivity index (χ1) is 20.7. The highest BCUT2D eigenvalue weighted by Crippen LogP contribution is 2.33. The number of aromatic nitrogens is 2. The summed E-state index contributed by atoms with van der Waals surface area (Å²) in [6.45, 7) is 2.70. The molecule has 0 amide bonds. The highest BCUT2D eigenvalue weighted by Gasteiger charge is 2.36. The number of ether oxygens (including phenoxy) is 1. The average Bonchev–Trinajstić information content (AvgIpc) is 3.62. The molecule has 0 unspecified atom stereocenters. The van der Waals surface area contributed by atoms with Gasteiger partial charge >= 0.3 is 0 Å². The third-order valence-electron chi connectivity index (χ3n) is 7.74. The second-order valence-electron chi connectivity index (χ2n) is 10.4. The van der Waals surface area contributed by atoms with E-state index >= 15 is 0 Å². The van der Waals surface area contributed by atoms with Crippen LogP contribution in [0.3, 0.4) is 0 Å². The van der Waals surface area contributed by atoms with Crippen molar-refractivity contribution in [2.45, 2.75) is 17.9 Å². The van der Waals surface area contributed by atoms with Crippen LogP contribution in [0.2, 0.25) is 0 Å². The van der Waals surface area contributed by atoms with Crippen LogP contribution in [-0.4, -0.2) is 33.5 Å². The van der Waals surface area contributed by atoms with Crippen LogP contribution in [0.15, 0.2) is 164 Å². The van der Waals surface area contributed by atoms with E-state index in [0.29, 0.717) is 12.4 Å². The van der Waals surface area contributed by atoms with E-state index in [1.54, 1.807) is 0 Å². The van der Waals surface area contributed by atoms with E-state index in [1.807, 2.05) is 19.4 Å². The molecule has 0 saturated heterocycles. The summed E-state index contributed by atoms with van der Waals surface area (Å²) in [5.74, 6) is 1.41. The fraction of sp³-hybridized carbons (Fsp3) is 0.108. The lowest BCUT2D eigenvalue weighted by atomic mass is 9.76. The summed E-state index contributed by atoms with van der Waals surface area (Å²) in [6, 6.07) is 51.4. The molecule has 0 N–H and O–H groups in total. The van der Waals surface area contributed by atoms with Crippen molar-refractivity contribution in [2.75, 3.05) is 6.61 Å². The lowest BCUT2D eigenvalue weighted by Crippen LogP contribution is -2.46. The molecule has 208 valence electrons. The zero-order valence-electron chi connectivity index (χ0n) is 24.4. The van der Waals surface area contributed by atoms with Crippen LogP contribution in [0.1, 0.15) is 35.0 Å². The molecule has 0 fully saturated rings. The quantitative estimate of drug-likeness (QED) is 0.204. The minimum Gasteiger partial charge on any atom is -0.494 e. The molecular weight excluding hydrogens is 527 g/mol. The molecule has 0 saturated carbocycles. The molecule has 6 rings (SSSR count). The molecule has 6 aromatic rings. The zero-order chi connectivity index (χ0) is 29.0. The molecule has 0 bridgehead atoms. The van der Waals surface area contributed by atoms with Crippen molar-refractivity contribution in [1.29, 1.82) is 0 Å². The van der Waals surface area contributed by atoms with Gasteiger partial charge in [-0.25, -0.2) is 4.98 Å². The predicted molar refractivity (Wildman–Crippen MR) is 180 cm³/mol. The third kappa shape index (κ3) is 6.81. The van der Waals surface area contributed by atoms with Crippen molar-refractivity contribution in [1.82, 2.24) is 9.55 Å². The average molecular weight is 565 g/mol. The molecule has 0 aliphatic carbocycles. The summed E-state index contributed by atoms with van der Waals surface area (Å²) in [6.07, 6.45) is 5.90. The SMILES string of the molecule is BC(c1ccccc1)c1ccccc1.CCOc1ccc([SiH2]C(c2ccccc2)(c2ccccc2)n2ccnc2)cc1. The van der Waals surface area contributed by atoms with E-state index in [1.165, 1.54) is 27.4 Å². The van der Waals surface area contributed by atoms with E-state index < -0.39 is 9.52 Å². The van der Waals surface area contributed by atoms with E-state index in [-0.39, 0.29) is 5.16 Å². The molecule has 0 aliphatic heterocycles. The number of hydrogen-bond acceptors (Lipinski definition) is 2. The highest BCUT2D eigenvalue weighted by atomic mass is 28.2. The number of hydrogen-bond donors (Lipinski definition) is 0. The Balaban J connectivity index is 0.000000211. The summed E-state index contributed by atoms with van der Waals surface area (Å²) < 4.78 is 7.91. The molecule has 5 heteroatoms. The fourth-order valence-corrected chi connectivity index (χ4v) is 7.83. The first-order valence-corrected chi connectivity index (χ1v) is 16.0. The lowest BCUT2D eigenvalue weighted by molar-refractivity contribution is 0.340. The summed E-state index contributed by atoms with van der Waals surface area (Å²) in [4.78, 5) is 4.38. The Hall–Kier alpha value is -4.61. The van der Waals surface area contributed by atoms with Gasteiger partial charge < -0.3 is 9.30 Å². The minimum absolute atomic E-state index is 0.244. The van der Waals surface area contributed by atoms with Gasteiger partial charge in [0, 0.05) is 12.4 Å². The molecule has 1 heterocycles. The molecule has 0 radical (unpaired) electrons. The Kier molecular flexibility index (Phi) is 9.86. The van der Waals surface area contributed by atoms with E-state index in [9.17, 15) is 0 Å². The maximum atomic E-state index is 5.63. The smallest absolute Gasteiger partial charge is 0.119 e. The van der Waals surface area contributed by atoms with Crippen molar-refractivity contribution in [2.24, 2.45) is 0 Å². The highest BCUT2D eigenvalue weighted by molar-refractivity contribution is 6.57. The second-order valence-corrected chi connectivity index (χ2v) is 12.6. The van der Waals surface area contributed by atoms with Crippen LogP contribution in [-0.2, 0) is 5.16 Å². The van der Waals surface area contributed by atoms with Crippen LogP contribution in [0.5, 0.6) is 5.75 Å². The monoisotopic (exact) mass is 564 g/mol. The maximum Gasteiger partial charge on any atom is 0.119 e. The fourth-order valence-electron chi connectivity index (χ4n) is 5.51. The van der Waals surface area contributed by atoms with Gasteiger partial charge in [0.05, 0.1) is 27.6 Å². The molecule has 0 spiro atoms. The van der Waals surface area contributed by atoms with Gasteiger partial charge in [-0.15, -0.1) is 0 Å². The van der Waals surface area contributed by atoms with Crippen LogP contribution < -0.4 is 9.92 Å². The van der Waals surface area contributed by atoms with Gasteiger partial charge in [-0.05, 0) is 47.1 Å². The van der Waals surface area contributed by atoms with Crippen molar-refractivity contribution in [3.63, 3.8) is 0 Å². The number of benzene rings is 5. The molecule has 42 heavy (non-hydrogen) atoms. The summed E-state index contributed by atoms with van der Waals surface area (Å²) in [7, 11) is 1.41. The van der Waals surface area contributed by atoms with Crippen LogP contribution >= 0.6 is 0 Å². The van der Waals surface area contributed by atoms with E-state index in [4.69, 9.17) is 4.74 Å². The molecule has 5 aromatic carbocycles. The van der Waals surface area contributed by atoms with E-state index in [2.05, 4.69) is 169 Å². The van der Waals surface area contributed by atoms with Crippen molar-refractivity contribution < 1.29 is 4.74 Å². The van der Waals surface area contributed by atoms with Gasteiger partial charge in [-0.1, -0.05) is 139 Å². The maximum absolute atomic E-state index is 5.63. The topological polar surface area (TPSA) is 27.1 Å². The standard InChI is InChI=1S/C24H24N2OSi.C13H13B/c1-2-27-22-13-15-23(16-14-22)28-24(26-18-17-25-19-26,20-9-5-3-6-10-20)21-11-7-4-8-12-21;14-13(11-7-3-1-4-8-11)12-9-5-2-6-10-12/h3-19H,2,28H2,1H3;1-10,13H,14H2. The Bertz CT molecular complexity index is 1520. The molecule has 1 aromatic heterocycles. The van der Waals surface area contributed by atoms with Gasteiger partial charge in [0.2, 0.25) is 0 Å². The normalized spacial score (nSPS) is 11.3. The van der Waals surface area contributed by atoms with Crippen LogP contribution in [0.4, 0.5) is 0 Å². The van der Waals surface area contributed by atoms with Crippen molar-refractivity contribution >= 4 is 22.6 Å². The van der Waals surface area contributed by atoms with Crippen molar-refractivity contribution in [3.05, 3.63) is 187 Å². The summed E-state index contributed by atoms with van der Waals surface area (Å²) in [5, 5.41) is 1.14. The third-order valence-corrected chi connectivity index (χ3v) is 10.3. The van der Waals surface area contributed by atoms with Gasteiger partial charge in [-0.3, -0.25) is 0 Å². The Morgan fingerprint density at radius 2 is 1.17 bits per heavy atom. The first-order valence-electron chi connectivity index (χ1n) is 14.6. The number of rotatable bonds is 9. The lowest BCUT2D eigenvalue weighted by Gasteiger charge is -2.37. The molecule has 3 nitrogen and oxygen atoms in total. The summed E-state index contributed by atoms with van der Waals surface area (Å²) >= 11 is 0. The first kappa shape index (κ1) is 28.9. The largest absolute Gasteiger partial charge is 0.494 e. The molecule has 0 aliphatic rings. The summed E-state index contributed by atoms with van der Waals surface area (Å²) in [5.41, 5.74) is 5.33. The Morgan fingerprint density at radius 1 is 0.690 bits per heavy atom. The van der Waals surface area contributed by atoms with Crippen LogP contribution in [0.25, 0.3) is 0 Å². The van der Waals surface area contributed by atoms with Gasteiger partial charge in [-0.2, -0.15) is 0 Å². The van der Waals surface area contributed by atoms with Crippen molar-refractivity contribution in [3.8, 4) is 5.75 Å². The Labute approximate surface area is 253 Å². The van der Waals surface area contributed by atoms with Gasteiger partial charge in [0.1, 0.15) is 13.6 Å². The number of imidazole rings is 1. The number of nitrogens with zero attached hydrogens (tertiary/aromatic N) is 2. The van der Waals surface area contributed by atoms with Gasteiger partial charge in [0.15, 0.2) is 0 Å². The van der Waals surface area contributed by atoms with Gasteiger partial charge in [0.25, 0.3) is 0 Å².